The van der Waals surface area contributed by atoms with Crippen LogP contribution < -0.4 is 5.32 Å². The van der Waals surface area contributed by atoms with E-state index in [1.165, 1.54) is 38.5 Å². The number of benzene rings is 1. The van der Waals surface area contributed by atoms with Crippen LogP contribution in [0.25, 0.3) is 5.69 Å². The van der Waals surface area contributed by atoms with E-state index in [2.05, 4.69) is 12.2 Å². The molecule has 0 spiro atoms. The molecule has 1 heterocycles. The zero-order valence-electron chi connectivity index (χ0n) is 19.4. The summed E-state index contributed by atoms with van der Waals surface area (Å²) in [4.78, 5) is 25.4. The number of rotatable bonds is 6. The van der Waals surface area contributed by atoms with Crippen molar-refractivity contribution in [2.24, 2.45) is 23.2 Å². The molecule has 1 aromatic heterocycles. The molecule has 0 unspecified atom stereocenters. The van der Waals surface area contributed by atoms with Gasteiger partial charge in [0.15, 0.2) is 6.61 Å². The number of hydrogen-bond acceptors (Lipinski definition) is 3. The van der Waals surface area contributed by atoms with Crippen LogP contribution in [-0.2, 0) is 9.53 Å². The van der Waals surface area contributed by atoms with Gasteiger partial charge in [-0.3, -0.25) is 4.79 Å². The molecule has 0 aliphatic heterocycles. The number of nitrogens with zero attached hydrogens (tertiary/aromatic N) is 1. The monoisotopic (exact) mass is 434 g/mol. The molecule has 0 radical (unpaired) electrons. The summed E-state index contributed by atoms with van der Waals surface area (Å²) in [5, 5.41) is 3.18. The van der Waals surface area contributed by atoms with E-state index in [0.29, 0.717) is 5.56 Å². The Hall–Kier alpha value is -2.56. The first-order chi connectivity index (χ1) is 15.3. The average Bonchev–Trinajstić information content (AvgIpc) is 3.05. The van der Waals surface area contributed by atoms with Gasteiger partial charge in [-0.1, -0.05) is 18.2 Å². The first kappa shape index (κ1) is 21.3. The SMILES string of the molecule is Cc1cc(C(=O)OCC(=O)N[C@H](C)C23CC4CC(CC(C4)C2)C3)c(C)n1-c1ccccc1. The van der Waals surface area contributed by atoms with Crippen LogP contribution in [0.3, 0.4) is 0 Å². The molecular formula is C27H34N2O3. The fourth-order valence-corrected chi connectivity index (χ4v) is 7.30. The van der Waals surface area contributed by atoms with E-state index in [-0.39, 0.29) is 24.0 Å². The number of para-hydroxylation sites is 1. The summed E-state index contributed by atoms with van der Waals surface area (Å²) in [6.45, 7) is 5.80. The zero-order chi connectivity index (χ0) is 22.5. The predicted octanol–water partition coefficient (Wildman–Crippen LogP) is 4.97. The molecule has 4 bridgehead atoms. The van der Waals surface area contributed by atoms with Crippen LogP contribution in [0.2, 0.25) is 0 Å². The number of hydrogen-bond donors (Lipinski definition) is 1. The molecule has 1 N–H and O–H groups in total. The highest BCUT2D eigenvalue weighted by atomic mass is 16.5. The van der Waals surface area contributed by atoms with Crippen LogP contribution in [0.15, 0.2) is 36.4 Å². The highest BCUT2D eigenvalue weighted by Gasteiger charge is 2.53. The van der Waals surface area contributed by atoms with Gasteiger partial charge in [0.05, 0.1) is 5.56 Å². The minimum absolute atomic E-state index is 0.130. The van der Waals surface area contributed by atoms with Crippen LogP contribution in [0.1, 0.15) is 67.2 Å². The van der Waals surface area contributed by atoms with Gasteiger partial charge in [0.25, 0.3) is 5.91 Å². The number of nitrogens with one attached hydrogen (secondary N) is 1. The number of aryl methyl sites for hydroxylation is 1. The Balaban J connectivity index is 1.20. The van der Waals surface area contributed by atoms with Gasteiger partial charge in [-0.25, -0.2) is 4.79 Å². The summed E-state index contributed by atoms with van der Waals surface area (Å²) >= 11 is 0. The minimum atomic E-state index is -0.446. The van der Waals surface area contributed by atoms with Crippen molar-refractivity contribution in [2.45, 2.75) is 65.3 Å². The third-order valence-electron chi connectivity index (χ3n) is 8.38. The summed E-state index contributed by atoms with van der Waals surface area (Å²) in [5.41, 5.74) is 3.54. The predicted molar refractivity (Wildman–Crippen MR) is 124 cm³/mol. The van der Waals surface area contributed by atoms with E-state index < -0.39 is 5.97 Å². The Bertz CT molecular complexity index is 988. The van der Waals surface area contributed by atoms with E-state index in [4.69, 9.17) is 4.74 Å². The molecule has 4 aliphatic rings. The molecule has 0 saturated heterocycles. The maximum Gasteiger partial charge on any atom is 0.340 e. The average molecular weight is 435 g/mol. The number of carbonyl (C=O) groups is 2. The lowest BCUT2D eigenvalue weighted by Gasteiger charge is -2.59. The standard InChI is InChI=1S/C27H34N2O3/c1-17-9-24(18(2)29(17)23-7-5-4-6-8-23)26(31)32-16-25(30)28-19(3)27-13-20-10-21(14-27)12-22(11-20)15-27/h4-9,19-22H,10-16H2,1-3H3,(H,28,30)/t19-,20?,21?,22?,27?/m1/s1. The number of ether oxygens (including phenoxy) is 1. The summed E-state index contributed by atoms with van der Waals surface area (Å²) in [5.74, 6) is 1.89. The second kappa shape index (κ2) is 8.09. The van der Waals surface area contributed by atoms with Crippen LogP contribution in [0.5, 0.6) is 0 Å². The third kappa shape index (κ3) is 3.76. The minimum Gasteiger partial charge on any atom is -0.452 e. The Morgan fingerprint density at radius 3 is 2.25 bits per heavy atom. The van der Waals surface area contributed by atoms with Gasteiger partial charge in [-0.05, 0) is 101 Å². The lowest BCUT2D eigenvalue weighted by Crippen LogP contribution is -2.56. The van der Waals surface area contributed by atoms with Crippen molar-refractivity contribution < 1.29 is 14.3 Å². The van der Waals surface area contributed by atoms with Gasteiger partial charge < -0.3 is 14.6 Å². The number of carbonyl (C=O) groups excluding carboxylic acids is 2. The van der Waals surface area contributed by atoms with Gasteiger partial charge in [0, 0.05) is 23.1 Å². The Kier molecular flexibility index (Phi) is 5.39. The van der Waals surface area contributed by atoms with Gasteiger partial charge in [-0.2, -0.15) is 0 Å². The van der Waals surface area contributed by atoms with E-state index in [0.717, 1.165) is 34.8 Å². The molecule has 4 aliphatic carbocycles. The molecule has 170 valence electrons. The van der Waals surface area contributed by atoms with Crippen molar-refractivity contribution in [3.05, 3.63) is 53.3 Å². The maximum absolute atomic E-state index is 12.8. The van der Waals surface area contributed by atoms with Crippen molar-refractivity contribution in [1.29, 1.82) is 0 Å². The van der Waals surface area contributed by atoms with Gasteiger partial charge in [0.2, 0.25) is 0 Å². The van der Waals surface area contributed by atoms with Crippen molar-refractivity contribution in [3.8, 4) is 5.69 Å². The number of aromatic nitrogens is 1. The quantitative estimate of drug-likeness (QED) is 0.653. The first-order valence-electron chi connectivity index (χ1n) is 12.1. The first-order valence-corrected chi connectivity index (χ1v) is 12.1. The lowest BCUT2D eigenvalue weighted by molar-refractivity contribution is -0.128. The highest BCUT2D eigenvalue weighted by Crippen LogP contribution is 2.61. The normalized spacial score (nSPS) is 29.0. The second-order valence-corrected chi connectivity index (χ2v) is 10.6. The van der Waals surface area contributed by atoms with E-state index in [9.17, 15) is 9.59 Å². The van der Waals surface area contributed by atoms with E-state index in [1.54, 1.807) is 0 Å². The lowest BCUT2D eigenvalue weighted by atomic mass is 9.48. The smallest absolute Gasteiger partial charge is 0.340 e. The summed E-state index contributed by atoms with van der Waals surface area (Å²) in [6, 6.07) is 11.9. The molecule has 5 nitrogen and oxygen atoms in total. The largest absolute Gasteiger partial charge is 0.452 e. The van der Waals surface area contributed by atoms with Gasteiger partial charge >= 0.3 is 5.97 Å². The second-order valence-electron chi connectivity index (χ2n) is 10.6. The molecule has 4 saturated carbocycles. The van der Waals surface area contributed by atoms with Crippen molar-refractivity contribution in [1.82, 2.24) is 9.88 Å². The Labute approximate surface area is 190 Å². The zero-order valence-corrected chi connectivity index (χ0v) is 19.4. The molecule has 4 fully saturated rings. The molecule has 1 aromatic carbocycles. The van der Waals surface area contributed by atoms with Gasteiger partial charge in [0.1, 0.15) is 0 Å². The van der Waals surface area contributed by atoms with Crippen molar-refractivity contribution in [2.75, 3.05) is 6.61 Å². The van der Waals surface area contributed by atoms with Crippen LogP contribution in [0.4, 0.5) is 0 Å². The Morgan fingerprint density at radius 2 is 1.66 bits per heavy atom. The third-order valence-corrected chi connectivity index (χ3v) is 8.38. The van der Waals surface area contributed by atoms with Crippen LogP contribution >= 0.6 is 0 Å². The number of amides is 1. The van der Waals surface area contributed by atoms with Crippen molar-refractivity contribution in [3.63, 3.8) is 0 Å². The molecule has 2 aromatic rings. The molecule has 5 heteroatoms. The van der Waals surface area contributed by atoms with Crippen LogP contribution in [0, 0.1) is 37.0 Å². The number of esters is 1. The fourth-order valence-electron chi connectivity index (χ4n) is 7.30. The molecular weight excluding hydrogens is 400 g/mol. The fraction of sp³-hybridized carbons (Fsp3) is 0.556. The van der Waals surface area contributed by atoms with Gasteiger partial charge in [-0.15, -0.1) is 0 Å². The summed E-state index contributed by atoms with van der Waals surface area (Å²) in [6.07, 6.45) is 7.89. The summed E-state index contributed by atoms with van der Waals surface area (Å²) < 4.78 is 7.46. The Morgan fingerprint density at radius 1 is 1.06 bits per heavy atom. The topological polar surface area (TPSA) is 60.3 Å². The molecule has 1 atom stereocenters. The maximum atomic E-state index is 12.8. The molecule has 32 heavy (non-hydrogen) atoms. The van der Waals surface area contributed by atoms with E-state index >= 15 is 0 Å². The molecule has 1 amide bonds. The molecule has 6 rings (SSSR count). The highest BCUT2D eigenvalue weighted by molar-refractivity contribution is 5.93. The summed E-state index contributed by atoms with van der Waals surface area (Å²) in [7, 11) is 0. The van der Waals surface area contributed by atoms with Crippen molar-refractivity contribution >= 4 is 11.9 Å². The van der Waals surface area contributed by atoms with Crippen LogP contribution in [-0.4, -0.2) is 29.1 Å². The van der Waals surface area contributed by atoms with E-state index in [1.807, 2.05) is 54.8 Å².